The van der Waals surface area contributed by atoms with E-state index in [1.54, 1.807) is 0 Å². The van der Waals surface area contributed by atoms with E-state index in [2.05, 4.69) is 57.8 Å². The van der Waals surface area contributed by atoms with Crippen molar-refractivity contribution < 1.29 is 0 Å². The Bertz CT molecular complexity index is 379. The minimum Gasteiger partial charge on any atom is -0.0995 e. The van der Waals surface area contributed by atoms with Crippen LogP contribution in [0.2, 0.25) is 0 Å². The average molecular weight is 212 g/mol. The van der Waals surface area contributed by atoms with Crippen LogP contribution in [0.25, 0.3) is 6.08 Å². The van der Waals surface area contributed by atoms with Crippen molar-refractivity contribution >= 4 is 6.08 Å². The zero-order valence-corrected chi connectivity index (χ0v) is 10.3. The third kappa shape index (κ3) is 3.23. The molecule has 0 bridgehead atoms. The van der Waals surface area contributed by atoms with Gasteiger partial charge >= 0.3 is 0 Å². The standard InChI is InChI=1S/C16H20/c1-6-14-7-9-15(10-8-14)11-16(12(2)3)13(4)5/h6-10,16H,1-2,4,11H2,3,5H3. The van der Waals surface area contributed by atoms with E-state index in [0.29, 0.717) is 5.92 Å². The van der Waals surface area contributed by atoms with E-state index in [9.17, 15) is 0 Å². The summed E-state index contributed by atoms with van der Waals surface area (Å²) >= 11 is 0. The second kappa shape index (κ2) is 5.50. The molecule has 0 fully saturated rings. The monoisotopic (exact) mass is 212 g/mol. The van der Waals surface area contributed by atoms with Crippen molar-refractivity contribution in [3.05, 3.63) is 66.3 Å². The van der Waals surface area contributed by atoms with E-state index in [1.807, 2.05) is 6.08 Å². The molecular formula is C16H20. The Labute approximate surface area is 99.0 Å². The van der Waals surface area contributed by atoms with Crippen LogP contribution in [0.3, 0.4) is 0 Å². The summed E-state index contributed by atoms with van der Waals surface area (Å²) in [4.78, 5) is 0. The van der Waals surface area contributed by atoms with Crippen molar-refractivity contribution in [2.24, 2.45) is 5.92 Å². The Hall–Kier alpha value is -1.56. The molecule has 0 radical (unpaired) electrons. The van der Waals surface area contributed by atoms with Crippen molar-refractivity contribution in [1.29, 1.82) is 0 Å². The van der Waals surface area contributed by atoms with Crippen LogP contribution in [0.1, 0.15) is 25.0 Å². The van der Waals surface area contributed by atoms with Gasteiger partial charge in [-0.2, -0.15) is 0 Å². The van der Waals surface area contributed by atoms with Crippen LogP contribution in [-0.2, 0) is 6.42 Å². The molecule has 0 N–H and O–H groups in total. The quantitative estimate of drug-likeness (QED) is 0.624. The van der Waals surface area contributed by atoms with Gasteiger partial charge in [0.15, 0.2) is 0 Å². The predicted molar refractivity (Wildman–Crippen MR) is 73.4 cm³/mol. The molecule has 16 heavy (non-hydrogen) atoms. The topological polar surface area (TPSA) is 0 Å². The Morgan fingerprint density at radius 1 is 1.12 bits per heavy atom. The lowest BCUT2D eigenvalue weighted by Gasteiger charge is -2.17. The second-order valence-corrected chi connectivity index (χ2v) is 4.40. The molecule has 1 aromatic rings. The number of rotatable bonds is 5. The van der Waals surface area contributed by atoms with E-state index in [0.717, 1.165) is 12.0 Å². The van der Waals surface area contributed by atoms with Crippen molar-refractivity contribution in [3.63, 3.8) is 0 Å². The van der Waals surface area contributed by atoms with Gasteiger partial charge in [0.05, 0.1) is 0 Å². The van der Waals surface area contributed by atoms with Crippen LogP contribution < -0.4 is 0 Å². The van der Waals surface area contributed by atoms with Gasteiger partial charge in [-0.1, -0.05) is 61.2 Å². The first-order chi connectivity index (χ1) is 7.54. The van der Waals surface area contributed by atoms with Gasteiger partial charge in [-0.15, -0.1) is 0 Å². The molecule has 0 atom stereocenters. The van der Waals surface area contributed by atoms with Crippen LogP contribution in [-0.4, -0.2) is 0 Å². The van der Waals surface area contributed by atoms with Crippen LogP contribution in [0.4, 0.5) is 0 Å². The largest absolute Gasteiger partial charge is 0.0995 e. The average Bonchev–Trinajstić information content (AvgIpc) is 2.25. The van der Waals surface area contributed by atoms with Gasteiger partial charge in [-0.3, -0.25) is 0 Å². The number of allylic oxidation sites excluding steroid dienone is 2. The fourth-order valence-corrected chi connectivity index (χ4v) is 1.79. The first-order valence-corrected chi connectivity index (χ1v) is 5.56. The molecule has 1 rings (SSSR count). The zero-order chi connectivity index (χ0) is 12.1. The molecule has 0 nitrogen and oxygen atoms in total. The summed E-state index contributed by atoms with van der Waals surface area (Å²) in [5, 5.41) is 0. The van der Waals surface area contributed by atoms with Crippen molar-refractivity contribution in [2.45, 2.75) is 20.3 Å². The first kappa shape index (κ1) is 12.5. The van der Waals surface area contributed by atoms with Gasteiger partial charge in [-0.05, 0) is 31.4 Å². The minimum atomic E-state index is 0.384. The molecule has 0 spiro atoms. The van der Waals surface area contributed by atoms with Gasteiger partial charge in [0.1, 0.15) is 0 Å². The maximum atomic E-state index is 4.03. The fourth-order valence-electron chi connectivity index (χ4n) is 1.79. The predicted octanol–water partition coefficient (Wildman–Crippen LogP) is 4.64. The highest BCUT2D eigenvalue weighted by Gasteiger charge is 2.10. The van der Waals surface area contributed by atoms with E-state index >= 15 is 0 Å². The molecule has 0 unspecified atom stereocenters. The normalized spacial score (nSPS) is 10.2. The molecule has 0 amide bonds. The lowest BCUT2D eigenvalue weighted by atomic mass is 9.88. The SMILES string of the molecule is C=Cc1ccc(CC(C(=C)C)C(=C)C)cc1. The molecular weight excluding hydrogens is 192 g/mol. The third-order valence-electron chi connectivity index (χ3n) is 2.84. The Balaban J connectivity index is 2.81. The summed E-state index contributed by atoms with van der Waals surface area (Å²) in [6.07, 6.45) is 2.85. The highest BCUT2D eigenvalue weighted by Crippen LogP contribution is 2.22. The Morgan fingerprint density at radius 2 is 1.62 bits per heavy atom. The highest BCUT2D eigenvalue weighted by molar-refractivity contribution is 5.47. The van der Waals surface area contributed by atoms with Crippen LogP contribution in [0.15, 0.2) is 55.1 Å². The second-order valence-electron chi connectivity index (χ2n) is 4.40. The molecule has 0 saturated carbocycles. The lowest BCUT2D eigenvalue weighted by Crippen LogP contribution is -2.06. The highest BCUT2D eigenvalue weighted by atomic mass is 14.2. The summed E-state index contributed by atoms with van der Waals surface area (Å²) in [5.74, 6) is 0.384. The maximum absolute atomic E-state index is 4.03. The summed E-state index contributed by atoms with van der Waals surface area (Å²) in [6.45, 7) is 15.9. The molecule has 0 aliphatic carbocycles. The van der Waals surface area contributed by atoms with Crippen molar-refractivity contribution in [3.8, 4) is 0 Å². The van der Waals surface area contributed by atoms with Gasteiger partial charge in [0, 0.05) is 5.92 Å². The molecule has 0 aromatic heterocycles. The van der Waals surface area contributed by atoms with E-state index in [-0.39, 0.29) is 0 Å². The molecule has 0 heteroatoms. The van der Waals surface area contributed by atoms with E-state index < -0.39 is 0 Å². The first-order valence-electron chi connectivity index (χ1n) is 5.56. The van der Waals surface area contributed by atoms with E-state index in [1.165, 1.54) is 16.7 Å². The summed E-state index contributed by atoms with van der Waals surface area (Å²) in [7, 11) is 0. The van der Waals surface area contributed by atoms with Crippen LogP contribution >= 0.6 is 0 Å². The molecule has 0 heterocycles. The molecule has 84 valence electrons. The van der Waals surface area contributed by atoms with Gasteiger partial charge in [0.25, 0.3) is 0 Å². The number of hydrogen-bond acceptors (Lipinski definition) is 0. The lowest BCUT2D eigenvalue weighted by molar-refractivity contribution is 0.712. The molecule has 0 aliphatic rings. The third-order valence-corrected chi connectivity index (χ3v) is 2.84. The van der Waals surface area contributed by atoms with Crippen LogP contribution in [0.5, 0.6) is 0 Å². The van der Waals surface area contributed by atoms with Crippen LogP contribution in [0, 0.1) is 5.92 Å². The smallest absolute Gasteiger partial charge is 0.00364 e. The fraction of sp³-hybridized carbons (Fsp3) is 0.250. The maximum Gasteiger partial charge on any atom is 0.00364 e. The Kier molecular flexibility index (Phi) is 4.30. The van der Waals surface area contributed by atoms with Crippen molar-refractivity contribution in [2.75, 3.05) is 0 Å². The van der Waals surface area contributed by atoms with Crippen molar-refractivity contribution in [1.82, 2.24) is 0 Å². The summed E-state index contributed by atoms with van der Waals surface area (Å²) < 4.78 is 0. The minimum absolute atomic E-state index is 0.384. The summed E-state index contributed by atoms with van der Waals surface area (Å²) in [6, 6.07) is 8.48. The Morgan fingerprint density at radius 3 is 2.00 bits per heavy atom. The summed E-state index contributed by atoms with van der Waals surface area (Å²) in [5.41, 5.74) is 4.84. The molecule has 0 aliphatic heterocycles. The van der Waals surface area contributed by atoms with Gasteiger partial charge < -0.3 is 0 Å². The number of hydrogen-bond donors (Lipinski definition) is 0. The molecule has 1 aromatic carbocycles. The van der Waals surface area contributed by atoms with E-state index in [4.69, 9.17) is 0 Å². The zero-order valence-electron chi connectivity index (χ0n) is 10.3. The van der Waals surface area contributed by atoms with Gasteiger partial charge in [-0.25, -0.2) is 0 Å². The van der Waals surface area contributed by atoms with Gasteiger partial charge in [0.2, 0.25) is 0 Å². The molecule has 0 saturated heterocycles. The number of benzene rings is 1.